The lowest BCUT2D eigenvalue weighted by atomic mass is 10.1. The SMILES string of the molecule is O=C(Oc1cccc(/C=C2\SC(=O)N(CC(=O)N3CCOCC3)C2=O)c1)c1cc([N+](=O)[O-])cc([N+](=O)[O-])c1. The lowest BCUT2D eigenvalue weighted by Crippen LogP contribution is -2.46. The Labute approximate surface area is 218 Å². The molecule has 0 atom stereocenters. The summed E-state index contributed by atoms with van der Waals surface area (Å²) in [6, 6.07) is 8.27. The quantitative estimate of drug-likeness (QED) is 0.165. The van der Waals surface area contributed by atoms with Gasteiger partial charge in [0.1, 0.15) is 12.3 Å². The maximum Gasteiger partial charge on any atom is 0.344 e. The van der Waals surface area contributed by atoms with Gasteiger partial charge in [-0.05, 0) is 35.5 Å². The van der Waals surface area contributed by atoms with Crippen LogP contribution >= 0.6 is 11.8 Å². The number of hydrogen-bond donors (Lipinski definition) is 0. The molecular weight excluding hydrogens is 524 g/mol. The topological polar surface area (TPSA) is 180 Å². The number of esters is 1. The molecule has 0 aliphatic carbocycles. The second-order valence-electron chi connectivity index (χ2n) is 7.98. The van der Waals surface area contributed by atoms with E-state index in [0.717, 1.165) is 23.1 Å². The predicted molar refractivity (Wildman–Crippen MR) is 131 cm³/mol. The molecule has 0 unspecified atom stereocenters. The van der Waals surface area contributed by atoms with Gasteiger partial charge >= 0.3 is 5.97 Å². The van der Waals surface area contributed by atoms with Gasteiger partial charge in [-0.2, -0.15) is 0 Å². The minimum Gasteiger partial charge on any atom is -0.423 e. The largest absolute Gasteiger partial charge is 0.423 e. The highest BCUT2D eigenvalue weighted by Crippen LogP contribution is 2.33. The Kier molecular flexibility index (Phi) is 7.78. The summed E-state index contributed by atoms with van der Waals surface area (Å²) >= 11 is 0.658. The number of carbonyl (C=O) groups excluding carboxylic acids is 4. The van der Waals surface area contributed by atoms with Gasteiger partial charge in [0.25, 0.3) is 22.5 Å². The normalized spacial score (nSPS) is 16.6. The third-order valence-corrected chi connectivity index (χ3v) is 6.36. The highest BCUT2D eigenvalue weighted by Gasteiger charge is 2.37. The van der Waals surface area contributed by atoms with Crippen LogP contribution in [-0.4, -0.2) is 75.5 Å². The van der Waals surface area contributed by atoms with E-state index in [9.17, 15) is 39.4 Å². The Bertz CT molecular complexity index is 1350. The maximum absolute atomic E-state index is 12.8. The molecule has 38 heavy (non-hydrogen) atoms. The number of nitrogens with zero attached hydrogens (tertiary/aromatic N) is 4. The summed E-state index contributed by atoms with van der Waals surface area (Å²) in [6.45, 7) is 1.12. The van der Waals surface area contributed by atoms with E-state index in [1.165, 1.54) is 29.2 Å². The van der Waals surface area contributed by atoms with Crippen LogP contribution in [0.2, 0.25) is 0 Å². The maximum atomic E-state index is 12.8. The molecule has 196 valence electrons. The third-order valence-electron chi connectivity index (χ3n) is 5.46. The highest BCUT2D eigenvalue weighted by molar-refractivity contribution is 8.18. The van der Waals surface area contributed by atoms with Crippen LogP contribution in [-0.2, 0) is 14.3 Å². The van der Waals surface area contributed by atoms with Crippen molar-refractivity contribution in [2.45, 2.75) is 0 Å². The monoisotopic (exact) mass is 542 g/mol. The van der Waals surface area contributed by atoms with E-state index in [-0.39, 0.29) is 16.6 Å². The Hall–Kier alpha value is -4.63. The fourth-order valence-corrected chi connectivity index (χ4v) is 4.43. The number of amides is 3. The van der Waals surface area contributed by atoms with E-state index in [1.807, 2.05) is 0 Å². The molecule has 0 radical (unpaired) electrons. The van der Waals surface area contributed by atoms with Crippen LogP contribution in [0.4, 0.5) is 16.2 Å². The predicted octanol–water partition coefficient (Wildman–Crippen LogP) is 2.62. The number of benzene rings is 2. The van der Waals surface area contributed by atoms with Crippen LogP contribution in [0.5, 0.6) is 5.75 Å². The Morgan fingerprint density at radius 2 is 1.68 bits per heavy atom. The average Bonchev–Trinajstić information content (AvgIpc) is 3.16. The number of hydrogen-bond acceptors (Lipinski definition) is 11. The summed E-state index contributed by atoms with van der Waals surface area (Å²) in [5.41, 5.74) is -1.32. The van der Waals surface area contributed by atoms with Gasteiger partial charge in [0.05, 0.1) is 39.6 Å². The van der Waals surface area contributed by atoms with Crippen LogP contribution in [0.25, 0.3) is 6.08 Å². The number of rotatable bonds is 7. The molecule has 2 heterocycles. The van der Waals surface area contributed by atoms with E-state index in [2.05, 4.69) is 0 Å². The van der Waals surface area contributed by atoms with Crippen LogP contribution in [0.3, 0.4) is 0 Å². The molecule has 3 amide bonds. The molecule has 0 N–H and O–H groups in total. The molecule has 0 bridgehead atoms. The van der Waals surface area contributed by atoms with Gasteiger partial charge in [-0.15, -0.1) is 0 Å². The van der Waals surface area contributed by atoms with Crippen molar-refractivity contribution in [3.05, 3.63) is 78.7 Å². The van der Waals surface area contributed by atoms with Crippen LogP contribution < -0.4 is 4.74 Å². The van der Waals surface area contributed by atoms with E-state index < -0.39 is 50.4 Å². The molecule has 0 spiro atoms. The summed E-state index contributed by atoms with van der Waals surface area (Å²) in [6.07, 6.45) is 1.39. The van der Waals surface area contributed by atoms with Crippen LogP contribution in [0, 0.1) is 20.2 Å². The van der Waals surface area contributed by atoms with Crippen molar-refractivity contribution >= 4 is 52.2 Å². The molecule has 2 aliphatic heterocycles. The van der Waals surface area contributed by atoms with Gasteiger partial charge < -0.3 is 14.4 Å². The number of nitro benzene ring substituents is 2. The molecule has 15 heteroatoms. The summed E-state index contributed by atoms with van der Waals surface area (Å²) in [7, 11) is 0. The van der Waals surface area contributed by atoms with Gasteiger partial charge in [-0.25, -0.2) is 4.79 Å². The van der Waals surface area contributed by atoms with Gasteiger partial charge in [-0.1, -0.05) is 12.1 Å². The number of non-ortho nitro benzene ring substituents is 2. The first kappa shape index (κ1) is 26.4. The Balaban J connectivity index is 1.48. The second kappa shape index (κ2) is 11.2. The number of thioether (sulfide) groups is 1. The molecule has 4 rings (SSSR count). The minimum absolute atomic E-state index is 0.0142. The zero-order chi connectivity index (χ0) is 27.4. The van der Waals surface area contributed by atoms with Crippen molar-refractivity contribution in [3.63, 3.8) is 0 Å². The van der Waals surface area contributed by atoms with E-state index in [4.69, 9.17) is 9.47 Å². The standard InChI is InChI=1S/C23H18N4O10S/c28-20(24-4-6-36-7-5-24)13-25-21(29)19(38-23(25)31)9-14-2-1-3-18(8-14)37-22(30)15-10-16(26(32)33)12-17(11-15)27(34)35/h1-3,8-12H,4-7,13H2/b19-9-. The van der Waals surface area contributed by atoms with Gasteiger partial charge in [-0.3, -0.25) is 39.5 Å². The van der Waals surface area contributed by atoms with Gasteiger partial charge in [0.2, 0.25) is 5.91 Å². The molecule has 2 aromatic rings. The molecular formula is C23H18N4O10S. The van der Waals surface area contributed by atoms with Crippen molar-refractivity contribution in [2.75, 3.05) is 32.8 Å². The number of carbonyl (C=O) groups is 4. The van der Waals surface area contributed by atoms with E-state index >= 15 is 0 Å². The lowest BCUT2D eigenvalue weighted by Gasteiger charge is -2.28. The Morgan fingerprint density at radius 3 is 2.32 bits per heavy atom. The van der Waals surface area contributed by atoms with Crippen molar-refractivity contribution in [3.8, 4) is 5.75 Å². The highest BCUT2D eigenvalue weighted by atomic mass is 32.2. The van der Waals surface area contributed by atoms with E-state index in [0.29, 0.717) is 43.6 Å². The fraction of sp³-hybridized carbons (Fsp3) is 0.217. The first-order valence-electron chi connectivity index (χ1n) is 11.0. The summed E-state index contributed by atoms with van der Waals surface area (Å²) < 4.78 is 10.4. The first-order valence-corrected chi connectivity index (χ1v) is 11.8. The van der Waals surface area contributed by atoms with Crippen LogP contribution in [0.15, 0.2) is 47.4 Å². The van der Waals surface area contributed by atoms with Gasteiger partial charge in [0, 0.05) is 25.2 Å². The number of nitro groups is 2. The minimum atomic E-state index is -1.07. The summed E-state index contributed by atoms with van der Waals surface area (Å²) in [5, 5.41) is 21.5. The third kappa shape index (κ3) is 6.01. The molecule has 14 nitrogen and oxygen atoms in total. The second-order valence-corrected chi connectivity index (χ2v) is 8.97. The zero-order valence-corrected chi connectivity index (χ0v) is 20.3. The van der Waals surface area contributed by atoms with Crippen molar-refractivity contribution in [1.82, 2.24) is 9.80 Å². The van der Waals surface area contributed by atoms with Crippen molar-refractivity contribution < 1.29 is 38.5 Å². The Morgan fingerprint density at radius 1 is 1.03 bits per heavy atom. The van der Waals surface area contributed by atoms with Crippen molar-refractivity contribution in [2.24, 2.45) is 0 Å². The summed E-state index contributed by atoms with van der Waals surface area (Å²) in [4.78, 5) is 73.0. The summed E-state index contributed by atoms with van der Waals surface area (Å²) in [5.74, 6) is -2.10. The number of ether oxygens (including phenoxy) is 2. The van der Waals surface area contributed by atoms with Crippen LogP contribution in [0.1, 0.15) is 15.9 Å². The van der Waals surface area contributed by atoms with Crippen molar-refractivity contribution in [1.29, 1.82) is 0 Å². The van der Waals surface area contributed by atoms with Gasteiger partial charge in [0.15, 0.2) is 0 Å². The molecule has 2 fully saturated rings. The molecule has 0 aromatic heterocycles. The van der Waals surface area contributed by atoms with E-state index in [1.54, 1.807) is 6.07 Å². The number of morpholine rings is 1. The average molecular weight is 542 g/mol. The molecule has 2 saturated heterocycles. The fourth-order valence-electron chi connectivity index (χ4n) is 3.59. The first-order chi connectivity index (χ1) is 18.1. The zero-order valence-electron chi connectivity index (χ0n) is 19.4. The molecule has 2 aromatic carbocycles. The molecule has 2 aliphatic rings. The lowest BCUT2D eigenvalue weighted by molar-refractivity contribution is -0.394. The number of imide groups is 1. The smallest absolute Gasteiger partial charge is 0.344 e. The molecule has 0 saturated carbocycles.